The Hall–Kier alpha value is -5.76. The summed E-state index contributed by atoms with van der Waals surface area (Å²) in [6, 6.07) is 32.8. The van der Waals surface area contributed by atoms with Crippen LogP contribution in [-0.4, -0.2) is 109 Å². The van der Waals surface area contributed by atoms with E-state index in [-0.39, 0.29) is 35.7 Å². The SMILES string of the molecule is CN(C)[C@H](Cc1ccccc1)C(=O)N1CCC[C@H]1C(=O)Nc1ccc(C#Cc2ccc(NC(=O)[C@@H]3CCCN3C(=O)[C@@H](Cc3ccccc3)N(C)C)cc2)cc1. The van der Waals surface area contributed by atoms with E-state index in [1.54, 1.807) is 9.80 Å². The maximum absolute atomic E-state index is 13.7. The topological polar surface area (TPSA) is 105 Å². The summed E-state index contributed by atoms with van der Waals surface area (Å²) in [6.45, 7) is 1.12. The molecule has 2 fully saturated rings. The van der Waals surface area contributed by atoms with Crippen LogP contribution in [0.2, 0.25) is 0 Å². The van der Waals surface area contributed by atoms with E-state index in [4.69, 9.17) is 0 Å². The van der Waals surface area contributed by atoms with Gasteiger partial charge in [-0.3, -0.25) is 29.0 Å². The van der Waals surface area contributed by atoms with Gasteiger partial charge in [-0.05, 0) is 126 Å². The monoisotopic (exact) mass is 752 g/mol. The largest absolute Gasteiger partial charge is 0.329 e. The second-order valence-electron chi connectivity index (χ2n) is 15.1. The molecule has 10 heteroatoms. The van der Waals surface area contributed by atoms with Crippen LogP contribution in [0.15, 0.2) is 109 Å². The predicted molar refractivity (Wildman–Crippen MR) is 221 cm³/mol. The molecule has 4 aromatic rings. The number of likely N-dealkylation sites (tertiary alicyclic amines) is 2. The van der Waals surface area contributed by atoms with Gasteiger partial charge in [0.15, 0.2) is 0 Å². The minimum absolute atomic E-state index is 0.0297. The molecule has 0 saturated carbocycles. The van der Waals surface area contributed by atoms with Crippen LogP contribution in [-0.2, 0) is 32.0 Å². The standard InChI is InChI=1S/C46H52N6O4/c1-49(2)41(31-35-13-7-5-8-14-35)45(55)51-29-11-17-39(51)43(53)47-37-25-21-33(22-26-37)19-20-34-23-27-38(28-24-34)48-44(54)40-18-12-30-52(40)46(56)42(50(3)4)32-36-15-9-6-10-16-36/h5-10,13-16,21-28,39-42H,11-12,17-18,29-32H2,1-4H3,(H,47,53)(H,48,54)/t39-,40-,41+,42+/m0/s1. The van der Waals surface area contributed by atoms with Crippen molar-refractivity contribution in [2.45, 2.75) is 62.7 Å². The summed E-state index contributed by atoms with van der Waals surface area (Å²) in [5.74, 6) is 5.90. The van der Waals surface area contributed by atoms with Crippen LogP contribution in [0.25, 0.3) is 0 Å². The van der Waals surface area contributed by atoms with Crippen LogP contribution in [0.1, 0.15) is 47.9 Å². The minimum atomic E-state index is -0.520. The number of hydrogen-bond donors (Lipinski definition) is 2. The molecular formula is C46H52N6O4. The number of nitrogens with one attached hydrogen (secondary N) is 2. The molecule has 4 amide bonds. The van der Waals surface area contributed by atoms with Crippen molar-refractivity contribution in [2.24, 2.45) is 0 Å². The molecule has 2 aliphatic rings. The highest BCUT2D eigenvalue weighted by atomic mass is 16.2. The zero-order valence-electron chi connectivity index (χ0n) is 32.8. The van der Waals surface area contributed by atoms with Crippen molar-refractivity contribution in [3.05, 3.63) is 131 Å². The number of benzene rings is 4. The zero-order chi connectivity index (χ0) is 39.6. The molecule has 0 spiro atoms. The average molecular weight is 753 g/mol. The summed E-state index contributed by atoms with van der Waals surface area (Å²) in [7, 11) is 7.61. The number of carbonyl (C=O) groups is 4. The Morgan fingerprint density at radius 2 is 0.929 bits per heavy atom. The van der Waals surface area contributed by atoms with Gasteiger partial charge in [-0.25, -0.2) is 0 Å². The number of hydrogen-bond acceptors (Lipinski definition) is 6. The van der Waals surface area contributed by atoms with Crippen LogP contribution in [0.5, 0.6) is 0 Å². The number of nitrogens with zero attached hydrogens (tertiary/aromatic N) is 4. The van der Waals surface area contributed by atoms with E-state index in [2.05, 4.69) is 22.5 Å². The number of amides is 4. The fraction of sp³-hybridized carbons (Fsp3) is 0.348. The smallest absolute Gasteiger partial charge is 0.247 e. The van der Waals surface area contributed by atoms with Gasteiger partial charge in [-0.1, -0.05) is 72.5 Å². The van der Waals surface area contributed by atoms with Crippen molar-refractivity contribution in [2.75, 3.05) is 51.9 Å². The van der Waals surface area contributed by atoms with Crippen LogP contribution >= 0.6 is 0 Å². The van der Waals surface area contributed by atoms with E-state index in [9.17, 15) is 19.2 Å². The summed E-state index contributed by atoms with van der Waals surface area (Å²) in [6.07, 6.45) is 3.98. The molecule has 2 saturated heterocycles. The molecule has 6 rings (SSSR count). The van der Waals surface area contributed by atoms with E-state index in [0.29, 0.717) is 50.1 Å². The maximum Gasteiger partial charge on any atom is 0.247 e. The second kappa shape index (κ2) is 18.7. The lowest BCUT2D eigenvalue weighted by molar-refractivity contribution is -0.140. The summed E-state index contributed by atoms with van der Waals surface area (Å²) < 4.78 is 0. The third-order valence-electron chi connectivity index (χ3n) is 10.7. The Kier molecular flexibility index (Phi) is 13.3. The Bertz CT molecular complexity index is 1880. The molecule has 0 radical (unpaired) electrons. The van der Waals surface area contributed by atoms with Gasteiger partial charge in [0.1, 0.15) is 12.1 Å². The van der Waals surface area contributed by atoms with Crippen molar-refractivity contribution >= 4 is 35.0 Å². The van der Waals surface area contributed by atoms with Crippen LogP contribution in [0, 0.1) is 11.8 Å². The van der Waals surface area contributed by atoms with Crippen LogP contribution in [0.3, 0.4) is 0 Å². The van der Waals surface area contributed by atoms with Gasteiger partial charge in [0, 0.05) is 35.6 Å². The number of anilines is 2. The molecule has 10 nitrogen and oxygen atoms in total. The first-order valence-corrected chi connectivity index (χ1v) is 19.4. The molecule has 0 aliphatic carbocycles. The molecule has 0 unspecified atom stereocenters. The normalized spacial score (nSPS) is 17.6. The third-order valence-corrected chi connectivity index (χ3v) is 10.7. The quantitative estimate of drug-likeness (QED) is 0.191. The second-order valence-corrected chi connectivity index (χ2v) is 15.1. The highest BCUT2D eigenvalue weighted by Gasteiger charge is 2.39. The van der Waals surface area contributed by atoms with Gasteiger partial charge in [0.05, 0.1) is 12.1 Å². The Morgan fingerprint density at radius 1 is 0.571 bits per heavy atom. The average Bonchev–Trinajstić information content (AvgIpc) is 3.91. The van der Waals surface area contributed by atoms with Crippen molar-refractivity contribution in [1.29, 1.82) is 0 Å². The number of carbonyl (C=O) groups excluding carboxylic acids is 4. The fourth-order valence-electron chi connectivity index (χ4n) is 7.51. The fourth-order valence-corrected chi connectivity index (χ4v) is 7.51. The molecule has 0 aromatic heterocycles. The first-order valence-electron chi connectivity index (χ1n) is 19.4. The molecule has 0 bridgehead atoms. The molecule has 2 N–H and O–H groups in total. The van der Waals surface area contributed by atoms with E-state index in [0.717, 1.165) is 35.1 Å². The van der Waals surface area contributed by atoms with Crippen molar-refractivity contribution in [3.8, 4) is 11.8 Å². The molecule has 290 valence electrons. The molecule has 4 aromatic carbocycles. The third kappa shape index (κ3) is 10.1. The first kappa shape index (κ1) is 39.9. The van der Waals surface area contributed by atoms with E-state index in [1.807, 2.05) is 147 Å². The Morgan fingerprint density at radius 3 is 1.27 bits per heavy atom. The van der Waals surface area contributed by atoms with Crippen molar-refractivity contribution in [1.82, 2.24) is 19.6 Å². The zero-order valence-corrected chi connectivity index (χ0v) is 32.8. The summed E-state index contributed by atoms with van der Waals surface area (Å²) in [4.78, 5) is 61.5. The van der Waals surface area contributed by atoms with E-state index < -0.39 is 12.1 Å². The van der Waals surface area contributed by atoms with Crippen molar-refractivity contribution in [3.63, 3.8) is 0 Å². The molecule has 2 aliphatic heterocycles. The lowest BCUT2D eigenvalue weighted by atomic mass is 10.0. The molecule has 4 atom stereocenters. The van der Waals surface area contributed by atoms with E-state index >= 15 is 0 Å². The predicted octanol–water partition coefficient (Wildman–Crippen LogP) is 5.29. The van der Waals surface area contributed by atoms with Gasteiger partial charge in [-0.15, -0.1) is 0 Å². The highest BCUT2D eigenvalue weighted by Crippen LogP contribution is 2.24. The van der Waals surface area contributed by atoms with Gasteiger partial charge < -0.3 is 20.4 Å². The number of rotatable bonds is 12. The van der Waals surface area contributed by atoms with Gasteiger partial charge >= 0.3 is 0 Å². The lowest BCUT2D eigenvalue weighted by Crippen LogP contribution is -2.51. The Labute approximate surface area is 330 Å². The maximum atomic E-state index is 13.7. The number of likely N-dealkylation sites (N-methyl/N-ethyl adjacent to an activating group) is 2. The van der Waals surface area contributed by atoms with Crippen LogP contribution in [0.4, 0.5) is 11.4 Å². The Balaban J connectivity index is 1.01. The van der Waals surface area contributed by atoms with Gasteiger partial charge in [-0.2, -0.15) is 0 Å². The molecule has 2 heterocycles. The lowest BCUT2D eigenvalue weighted by Gasteiger charge is -2.31. The minimum Gasteiger partial charge on any atom is -0.329 e. The highest BCUT2D eigenvalue weighted by molar-refractivity contribution is 5.99. The molecule has 56 heavy (non-hydrogen) atoms. The first-order chi connectivity index (χ1) is 27.1. The van der Waals surface area contributed by atoms with Crippen LogP contribution < -0.4 is 10.6 Å². The van der Waals surface area contributed by atoms with Gasteiger partial charge in [0.2, 0.25) is 23.6 Å². The van der Waals surface area contributed by atoms with E-state index in [1.165, 1.54) is 0 Å². The summed E-state index contributed by atoms with van der Waals surface area (Å²) in [5.41, 5.74) is 5.01. The summed E-state index contributed by atoms with van der Waals surface area (Å²) >= 11 is 0. The van der Waals surface area contributed by atoms with Crippen molar-refractivity contribution < 1.29 is 19.2 Å². The van der Waals surface area contributed by atoms with Gasteiger partial charge in [0.25, 0.3) is 0 Å². The summed E-state index contributed by atoms with van der Waals surface area (Å²) in [5, 5.41) is 6.01. The molecular weight excluding hydrogens is 701 g/mol.